The molecule has 3 rings (SSSR count). The van der Waals surface area contributed by atoms with Gasteiger partial charge >= 0.3 is 16.8 Å². The number of para-hydroxylation sites is 2. The number of carboxylic acids is 2. The smallest absolute Gasteiger partial charge is 0.550 e. The Hall–Kier alpha value is -3.95. The molecule has 0 atom stereocenters. The van der Waals surface area contributed by atoms with E-state index in [9.17, 15) is 10.2 Å². The number of phenols is 2. The Morgan fingerprint density at radius 1 is 0.667 bits per heavy atom. The van der Waals surface area contributed by atoms with Gasteiger partial charge in [-0.15, -0.1) is 0 Å². The van der Waals surface area contributed by atoms with E-state index in [2.05, 4.69) is 93.5 Å². The molecule has 51 heavy (non-hydrogen) atoms. The van der Waals surface area contributed by atoms with Crippen molar-refractivity contribution in [3.8, 4) is 11.5 Å². The average molecular weight is 746 g/mol. The van der Waals surface area contributed by atoms with Gasteiger partial charge in [-0.05, 0) is 97.6 Å². The number of benzene rings is 3. The molecule has 1 radical (unpaired) electrons. The Morgan fingerprint density at radius 3 is 1.22 bits per heavy atom. The Labute approximate surface area is 316 Å². The van der Waals surface area contributed by atoms with Crippen molar-refractivity contribution in [2.45, 2.75) is 120 Å². The van der Waals surface area contributed by atoms with Gasteiger partial charge < -0.3 is 30.0 Å². The molecule has 0 spiro atoms. The van der Waals surface area contributed by atoms with Crippen molar-refractivity contribution in [2.75, 3.05) is 0 Å². The zero-order chi connectivity index (χ0) is 38.4. The molecular formula is C42H58CoN2O6. The number of carboxylic acid groups (broad SMARTS) is 2. The molecule has 0 heterocycles. The summed E-state index contributed by atoms with van der Waals surface area (Å²) in [5, 5.41) is 40.2. The fourth-order valence-corrected chi connectivity index (χ4v) is 4.94. The minimum atomic E-state index is -1.08. The van der Waals surface area contributed by atoms with E-state index >= 15 is 0 Å². The molecule has 0 saturated carbocycles. The summed E-state index contributed by atoms with van der Waals surface area (Å²) in [6.07, 6.45) is 7.59. The fourth-order valence-electron chi connectivity index (χ4n) is 4.94. The van der Waals surface area contributed by atoms with Gasteiger partial charge in [0.1, 0.15) is 11.5 Å². The van der Waals surface area contributed by atoms with Crippen LogP contribution in [0.25, 0.3) is 0 Å². The van der Waals surface area contributed by atoms with Crippen LogP contribution < -0.4 is 10.2 Å². The predicted molar refractivity (Wildman–Crippen MR) is 202 cm³/mol. The van der Waals surface area contributed by atoms with Gasteiger partial charge in [-0.2, -0.15) is 0 Å². The second kappa shape index (κ2) is 21.4. The van der Waals surface area contributed by atoms with Crippen molar-refractivity contribution in [1.29, 1.82) is 0 Å². The van der Waals surface area contributed by atoms with Crippen LogP contribution in [0.1, 0.15) is 129 Å². The van der Waals surface area contributed by atoms with E-state index in [1.807, 2.05) is 24.3 Å². The molecule has 0 amide bonds. The minimum absolute atomic E-state index is 0. The molecule has 281 valence electrons. The van der Waals surface area contributed by atoms with Gasteiger partial charge in [0.25, 0.3) is 0 Å². The van der Waals surface area contributed by atoms with Gasteiger partial charge in [-0.3, -0.25) is 9.98 Å². The Morgan fingerprint density at radius 2 is 0.961 bits per heavy atom. The van der Waals surface area contributed by atoms with Crippen molar-refractivity contribution < 1.29 is 46.8 Å². The fraction of sp³-hybridized carbons (Fsp3) is 0.476. The van der Waals surface area contributed by atoms with Crippen molar-refractivity contribution >= 4 is 35.7 Å². The molecule has 2 N–H and O–H groups in total. The standard InChI is InChI=1S/C38H52N2O2.2C2H4O2.Co/c1-25(2)15-17-27-19-29(35(41)31(21-27)37(5,6)7)23-39-33-13-11-12-14-34(33)40-24-30-20-28(18-16-26(3)4)22-32(36(30)42)38(8,9)10;2*1-2(3)4;/h11-14,19-26,41-42H,15-18H2,1-10H3;2*1H3,(H,3,4);/q;;;+2/p-2. The second-order valence-corrected chi connectivity index (χ2v) is 15.5. The van der Waals surface area contributed by atoms with Crippen LogP contribution in [0.3, 0.4) is 0 Å². The maximum atomic E-state index is 11.2. The number of carbonyl (C=O) groups is 2. The first-order chi connectivity index (χ1) is 23.0. The number of phenolic OH excluding ortho intramolecular Hbond substituents is 2. The van der Waals surface area contributed by atoms with Crippen LogP contribution in [-0.4, -0.2) is 34.6 Å². The number of aromatic hydroxyl groups is 2. The van der Waals surface area contributed by atoms with Gasteiger partial charge in [-0.1, -0.05) is 93.5 Å². The van der Waals surface area contributed by atoms with Crippen LogP contribution in [0.2, 0.25) is 0 Å². The number of hydrogen-bond donors (Lipinski definition) is 2. The first-order valence-corrected chi connectivity index (χ1v) is 17.3. The Balaban J connectivity index is 0.00000251. The van der Waals surface area contributed by atoms with E-state index < -0.39 is 11.9 Å². The van der Waals surface area contributed by atoms with E-state index in [0.29, 0.717) is 34.3 Å². The summed E-state index contributed by atoms with van der Waals surface area (Å²) >= 11 is 0. The molecule has 8 nitrogen and oxygen atoms in total. The third kappa shape index (κ3) is 17.7. The number of aliphatic carboxylic acids is 2. The van der Waals surface area contributed by atoms with Crippen LogP contribution in [-0.2, 0) is 50.0 Å². The summed E-state index contributed by atoms with van der Waals surface area (Å²) in [4.78, 5) is 27.4. The summed E-state index contributed by atoms with van der Waals surface area (Å²) in [5.74, 6) is -0.404. The molecule has 0 aliphatic rings. The molecule has 0 aromatic heterocycles. The third-order valence-corrected chi connectivity index (χ3v) is 7.60. The largest absolute Gasteiger partial charge is 2.00 e. The van der Waals surface area contributed by atoms with Crippen molar-refractivity contribution in [3.63, 3.8) is 0 Å². The molecule has 3 aromatic carbocycles. The van der Waals surface area contributed by atoms with Gasteiger partial charge in [-0.25, -0.2) is 0 Å². The van der Waals surface area contributed by atoms with Crippen molar-refractivity contribution in [1.82, 2.24) is 0 Å². The number of hydrogen-bond acceptors (Lipinski definition) is 8. The predicted octanol–water partition coefficient (Wildman–Crippen LogP) is 7.88. The molecule has 0 unspecified atom stereocenters. The van der Waals surface area contributed by atoms with Crippen LogP contribution >= 0.6 is 0 Å². The first-order valence-electron chi connectivity index (χ1n) is 17.3. The van der Waals surface area contributed by atoms with Gasteiger partial charge in [0.15, 0.2) is 0 Å². The molecule has 9 heteroatoms. The zero-order valence-corrected chi connectivity index (χ0v) is 33.6. The second-order valence-electron chi connectivity index (χ2n) is 15.5. The molecule has 0 aliphatic carbocycles. The SMILES string of the molecule is CC(=O)[O-].CC(=O)[O-].CC(C)CCc1cc(C=Nc2ccccc2N=Cc2cc(CCC(C)C)cc(C(C)(C)C)c2O)c(O)c(C(C)(C)C)c1.[Co+2]. The Bertz CT molecular complexity index is 1500. The summed E-state index contributed by atoms with van der Waals surface area (Å²) in [6.45, 7) is 23.6. The van der Waals surface area contributed by atoms with Gasteiger partial charge in [0.2, 0.25) is 0 Å². The molecule has 3 aromatic rings. The third-order valence-electron chi connectivity index (χ3n) is 7.60. The van der Waals surface area contributed by atoms with Crippen LogP contribution in [0.4, 0.5) is 11.4 Å². The summed E-state index contributed by atoms with van der Waals surface area (Å²) in [7, 11) is 0. The average Bonchev–Trinajstić information content (AvgIpc) is 2.97. The van der Waals surface area contributed by atoms with E-state index in [-0.39, 0.29) is 39.1 Å². The van der Waals surface area contributed by atoms with Gasteiger partial charge in [0, 0.05) is 46.6 Å². The van der Waals surface area contributed by atoms with E-state index in [1.54, 1.807) is 12.4 Å². The minimum Gasteiger partial charge on any atom is -0.550 e. The van der Waals surface area contributed by atoms with E-state index in [4.69, 9.17) is 29.8 Å². The number of rotatable bonds is 10. The monoisotopic (exact) mass is 745 g/mol. The summed E-state index contributed by atoms with van der Waals surface area (Å²) in [5.41, 5.74) is 6.71. The van der Waals surface area contributed by atoms with Crippen LogP contribution in [0.15, 0.2) is 58.5 Å². The Kier molecular flexibility index (Phi) is 19.8. The number of nitrogens with zero attached hydrogens (tertiary/aromatic N) is 2. The topological polar surface area (TPSA) is 145 Å². The quantitative estimate of drug-likeness (QED) is 0.202. The summed E-state index contributed by atoms with van der Waals surface area (Å²) in [6, 6.07) is 16.1. The number of carbonyl (C=O) groups excluding carboxylic acids is 2. The summed E-state index contributed by atoms with van der Waals surface area (Å²) < 4.78 is 0. The van der Waals surface area contributed by atoms with E-state index in [0.717, 1.165) is 50.7 Å². The maximum absolute atomic E-state index is 11.2. The maximum Gasteiger partial charge on any atom is 2.00 e. The number of aliphatic imine (C=N–C) groups is 2. The van der Waals surface area contributed by atoms with Crippen LogP contribution in [0.5, 0.6) is 11.5 Å². The molecule has 0 aliphatic heterocycles. The molecular weight excluding hydrogens is 687 g/mol. The van der Waals surface area contributed by atoms with Gasteiger partial charge in [0.05, 0.1) is 11.4 Å². The van der Waals surface area contributed by atoms with Crippen LogP contribution in [0, 0.1) is 11.8 Å². The molecule has 0 saturated heterocycles. The van der Waals surface area contributed by atoms with Crippen molar-refractivity contribution in [2.24, 2.45) is 21.8 Å². The van der Waals surface area contributed by atoms with E-state index in [1.165, 1.54) is 11.1 Å². The van der Waals surface area contributed by atoms with Crippen molar-refractivity contribution in [3.05, 3.63) is 81.9 Å². The first kappa shape index (κ1) is 47.0. The molecule has 0 bridgehead atoms. The zero-order valence-electron chi connectivity index (χ0n) is 32.5. The number of aryl methyl sites for hydroxylation is 2. The molecule has 0 fully saturated rings. The normalized spacial score (nSPS) is 11.6.